The second-order valence-electron chi connectivity index (χ2n) is 6.55. The molecule has 1 aromatic carbocycles. The van der Waals surface area contributed by atoms with Crippen LogP contribution in [0, 0.1) is 16.7 Å². The summed E-state index contributed by atoms with van der Waals surface area (Å²) in [6, 6.07) is 10.7. The number of carbonyl (C=O) groups excluding carboxylic acids is 1. The molecule has 4 heteroatoms. The Morgan fingerprint density at radius 2 is 2.14 bits per heavy atom. The summed E-state index contributed by atoms with van der Waals surface area (Å²) < 4.78 is 0. The largest absolute Gasteiger partial charge is 0.372 e. The quantitative estimate of drug-likeness (QED) is 0.843. The number of carbonyl (C=O) groups is 1. The van der Waals surface area contributed by atoms with Crippen molar-refractivity contribution in [3.05, 3.63) is 29.8 Å². The van der Waals surface area contributed by atoms with E-state index in [9.17, 15) is 10.1 Å². The molecule has 1 aromatic rings. The number of hydrogen-bond acceptors (Lipinski definition) is 3. The average Bonchev–Trinajstić information content (AvgIpc) is 2.63. The summed E-state index contributed by atoms with van der Waals surface area (Å²) in [5, 5.41) is 9.51. The van der Waals surface area contributed by atoms with Crippen molar-refractivity contribution in [2.75, 3.05) is 18.5 Å². The minimum Gasteiger partial charge on any atom is -0.372 e. The Balaban J connectivity index is 1.96. The molecule has 1 heterocycles. The highest BCUT2D eigenvalue weighted by Crippen LogP contribution is 2.43. The van der Waals surface area contributed by atoms with E-state index in [1.807, 2.05) is 17.0 Å². The topological polar surface area (TPSA) is 47.3 Å². The van der Waals surface area contributed by atoms with Crippen molar-refractivity contribution in [3.63, 3.8) is 0 Å². The van der Waals surface area contributed by atoms with Crippen LogP contribution in [-0.4, -0.2) is 30.4 Å². The first-order chi connectivity index (χ1) is 10.6. The fourth-order valence-corrected chi connectivity index (χ4v) is 3.61. The van der Waals surface area contributed by atoms with Gasteiger partial charge in [0.15, 0.2) is 0 Å². The Labute approximate surface area is 132 Å². The lowest BCUT2D eigenvalue weighted by molar-refractivity contribution is -0.146. The molecule has 0 bridgehead atoms. The van der Waals surface area contributed by atoms with Gasteiger partial charge >= 0.3 is 0 Å². The number of hydrogen-bond donors (Lipinski definition) is 0. The predicted molar refractivity (Wildman–Crippen MR) is 86.2 cm³/mol. The van der Waals surface area contributed by atoms with Crippen molar-refractivity contribution in [3.8, 4) is 6.07 Å². The van der Waals surface area contributed by atoms with Gasteiger partial charge in [-0.3, -0.25) is 4.79 Å². The second kappa shape index (κ2) is 5.64. The first-order valence-electron chi connectivity index (χ1n) is 8.12. The lowest BCUT2D eigenvalue weighted by Crippen LogP contribution is -2.52. The number of para-hydroxylation sites is 1. The van der Waals surface area contributed by atoms with Crippen LogP contribution in [0.25, 0.3) is 0 Å². The normalized spacial score (nSPS) is 23.0. The zero-order valence-electron chi connectivity index (χ0n) is 13.4. The molecule has 1 atom stereocenters. The summed E-state index contributed by atoms with van der Waals surface area (Å²) in [7, 11) is 2.08. The third-order valence-electron chi connectivity index (χ3n) is 5.23. The molecule has 1 unspecified atom stereocenters. The molecule has 4 nitrogen and oxygen atoms in total. The van der Waals surface area contributed by atoms with E-state index >= 15 is 0 Å². The van der Waals surface area contributed by atoms with Crippen LogP contribution >= 0.6 is 0 Å². The van der Waals surface area contributed by atoms with Crippen LogP contribution < -0.4 is 4.90 Å². The van der Waals surface area contributed by atoms with Crippen molar-refractivity contribution >= 4 is 11.6 Å². The van der Waals surface area contributed by atoms with Gasteiger partial charge in [-0.25, -0.2) is 0 Å². The van der Waals surface area contributed by atoms with Crippen molar-refractivity contribution < 1.29 is 4.79 Å². The van der Waals surface area contributed by atoms with Crippen LogP contribution in [0.5, 0.6) is 0 Å². The molecule has 1 aliphatic heterocycles. The van der Waals surface area contributed by atoms with Gasteiger partial charge in [-0.15, -0.1) is 0 Å². The van der Waals surface area contributed by atoms with Crippen LogP contribution in [0.2, 0.25) is 0 Å². The summed E-state index contributed by atoms with van der Waals surface area (Å²) in [5.41, 5.74) is 1.60. The van der Waals surface area contributed by atoms with Gasteiger partial charge in [-0.2, -0.15) is 5.26 Å². The molecule has 0 saturated heterocycles. The Morgan fingerprint density at radius 3 is 2.73 bits per heavy atom. The molecule has 1 saturated carbocycles. The predicted octanol–water partition coefficient (Wildman–Crippen LogP) is 2.94. The number of nitriles is 1. The number of anilines is 1. The van der Waals surface area contributed by atoms with Crippen LogP contribution in [0.4, 0.5) is 5.69 Å². The minimum absolute atomic E-state index is 0.0400. The SMILES string of the molecule is CCC1CN(C)c2ccccc2CN1C(=O)C1(C#N)CCC1. The summed E-state index contributed by atoms with van der Waals surface area (Å²) >= 11 is 0. The molecular weight excluding hydrogens is 274 g/mol. The number of nitrogens with zero attached hydrogens (tertiary/aromatic N) is 3. The van der Waals surface area contributed by atoms with Crippen molar-refractivity contribution in [2.24, 2.45) is 5.41 Å². The second-order valence-corrected chi connectivity index (χ2v) is 6.55. The average molecular weight is 297 g/mol. The van der Waals surface area contributed by atoms with Gasteiger partial charge in [-0.1, -0.05) is 25.1 Å². The van der Waals surface area contributed by atoms with E-state index < -0.39 is 5.41 Å². The van der Waals surface area contributed by atoms with Crippen LogP contribution in [-0.2, 0) is 11.3 Å². The zero-order chi connectivity index (χ0) is 15.7. The number of rotatable bonds is 2. The van der Waals surface area contributed by atoms with Crippen molar-refractivity contribution in [2.45, 2.75) is 45.2 Å². The van der Waals surface area contributed by atoms with Gasteiger partial charge < -0.3 is 9.80 Å². The maximum absolute atomic E-state index is 13.1. The fourth-order valence-electron chi connectivity index (χ4n) is 3.61. The smallest absolute Gasteiger partial charge is 0.243 e. The highest BCUT2D eigenvalue weighted by Gasteiger charge is 2.48. The van der Waals surface area contributed by atoms with E-state index in [1.54, 1.807) is 0 Å². The molecule has 2 aliphatic rings. The van der Waals surface area contributed by atoms with E-state index in [4.69, 9.17) is 0 Å². The number of amides is 1. The third kappa shape index (κ3) is 2.25. The monoisotopic (exact) mass is 297 g/mol. The highest BCUT2D eigenvalue weighted by molar-refractivity contribution is 5.87. The van der Waals surface area contributed by atoms with Gasteiger partial charge in [0, 0.05) is 31.9 Å². The number of benzene rings is 1. The number of likely N-dealkylation sites (N-methyl/N-ethyl adjacent to an activating group) is 1. The van der Waals surface area contributed by atoms with Gasteiger partial charge in [0.2, 0.25) is 5.91 Å². The molecule has 0 N–H and O–H groups in total. The van der Waals surface area contributed by atoms with E-state index in [0.29, 0.717) is 19.4 Å². The summed E-state index contributed by atoms with van der Waals surface area (Å²) in [6.07, 6.45) is 3.32. The van der Waals surface area contributed by atoms with Crippen molar-refractivity contribution in [1.82, 2.24) is 4.90 Å². The maximum Gasteiger partial charge on any atom is 0.243 e. The van der Waals surface area contributed by atoms with E-state index in [-0.39, 0.29) is 11.9 Å². The Hall–Kier alpha value is -2.02. The van der Waals surface area contributed by atoms with E-state index in [0.717, 1.165) is 19.4 Å². The minimum atomic E-state index is -0.759. The van der Waals surface area contributed by atoms with Crippen LogP contribution in [0.3, 0.4) is 0 Å². The zero-order valence-corrected chi connectivity index (χ0v) is 13.4. The Kier molecular flexibility index (Phi) is 3.82. The molecule has 22 heavy (non-hydrogen) atoms. The molecule has 3 rings (SSSR count). The molecule has 116 valence electrons. The standard InChI is InChI=1S/C18H23N3O/c1-3-15-12-20(2)16-8-5-4-7-14(16)11-21(15)17(22)18(13-19)9-6-10-18/h4-5,7-8,15H,3,6,9-12H2,1-2H3. The van der Waals surface area contributed by atoms with Gasteiger partial charge in [0.05, 0.1) is 6.07 Å². The van der Waals surface area contributed by atoms with Crippen LogP contribution in [0.1, 0.15) is 38.2 Å². The van der Waals surface area contributed by atoms with E-state index in [1.165, 1.54) is 11.3 Å². The van der Waals surface area contributed by atoms with Gasteiger partial charge in [0.25, 0.3) is 0 Å². The van der Waals surface area contributed by atoms with Crippen LogP contribution in [0.15, 0.2) is 24.3 Å². The highest BCUT2D eigenvalue weighted by atomic mass is 16.2. The molecule has 1 fully saturated rings. The van der Waals surface area contributed by atoms with Gasteiger partial charge in [-0.05, 0) is 37.3 Å². The molecule has 0 radical (unpaired) electrons. The summed E-state index contributed by atoms with van der Waals surface area (Å²) in [5.74, 6) is 0.0400. The molecule has 0 aromatic heterocycles. The molecule has 1 amide bonds. The summed E-state index contributed by atoms with van der Waals surface area (Å²) in [4.78, 5) is 17.3. The maximum atomic E-state index is 13.1. The van der Waals surface area contributed by atoms with Gasteiger partial charge in [0.1, 0.15) is 5.41 Å². The fraction of sp³-hybridized carbons (Fsp3) is 0.556. The lowest BCUT2D eigenvalue weighted by atomic mass is 9.68. The molecule has 1 aliphatic carbocycles. The lowest BCUT2D eigenvalue weighted by Gasteiger charge is -2.40. The first-order valence-corrected chi connectivity index (χ1v) is 8.12. The molecule has 0 spiro atoms. The molecular formula is C18H23N3O. The third-order valence-corrected chi connectivity index (χ3v) is 5.23. The Bertz CT molecular complexity index is 615. The Morgan fingerprint density at radius 1 is 1.41 bits per heavy atom. The van der Waals surface area contributed by atoms with Crippen molar-refractivity contribution in [1.29, 1.82) is 5.26 Å². The summed E-state index contributed by atoms with van der Waals surface area (Å²) in [6.45, 7) is 3.55. The number of fused-ring (bicyclic) bond motifs is 1. The first kappa shape index (κ1) is 14.9. The van der Waals surface area contributed by atoms with E-state index in [2.05, 4.69) is 37.1 Å².